The third-order valence-corrected chi connectivity index (χ3v) is 2.83. The van der Waals surface area contributed by atoms with Crippen molar-refractivity contribution in [2.24, 2.45) is 0 Å². The van der Waals surface area contributed by atoms with Gasteiger partial charge in [-0.2, -0.15) is 0 Å². The Hall–Kier alpha value is -0.280. The fraction of sp³-hybridized carbons (Fsp3) is 1.00. The van der Waals surface area contributed by atoms with E-state index in [0.717, 1.165) is 39.3 Å². The van der Waals surface area contributed by atoms with Gasteiger partial charge in [-0.25, -0.2) is 5.01 Å². The SMILES string of the molecule is CN1CCNCC1.COCONN1CCNCC1. The van der Waals surface area contributed by atoms with Gasteiger partial charge in [0.15, 0.2) is 6.79 Å². The van der Waals surface area contributed by atoms with E-state index in [0.29, 0.717) is 0 Å². The minimum absolute atomic E-state index is 0.282. The molecule has 2 aliphatic heterocycles. The van der Waals surface area contributed by atoms with Crippen molar-refractivity contribution in [1.82, 2.24) is 26.1 Å². The van der Waals surface area contributed by atoms with Crippen LogP contribution in [0.3, 0.4) is 0 Å². The average molecular weight is 261 g/mol. The first-order chi connectivity index (χ1) is 8.83. The monoisotopic (exact) mass is 261 g/mol. The van der Waals surface area contributed by atoms with Crippen LogP contribution in [0.1, 0.15) is 0 Å². The van der Waals surface area contributed by atoms with Gasteiger partial charge in [-0.3, -0.25) is 4.84 Å². The van der Waals surface area contributed by atoms with Crippen LogP contribution < -0.4 is 16.2 Å². The summed E-state index contributed by atoms with van der Waals surface area (Å²) in [7, 11) is 3.75. The van der Waals surface area contributed by atoms with Gasteiger partial charge in [-0.15, -0.1) is 5.59 Å². The van der Waals surface area contributed by atoms with Crippen molar-refractivity contribution in [3.63, 3.8) is 0 Å². The van der Waals surface area contributed by atoms with E-state index in [1.165, 1.54) is 13.1 Å². The molecule has 2 fully saturated rings. The molecule has 0 amide bonds. The molecule has 0 saturated carbocycles. The third-order valence-electron chi connectivity index (χ3n) is 2.83. The molecule has 108 valence electrons. The van der Waals surface area contributed by atoms with Crippen LogP contribution in [0.5, 0.6) is 0 Å². The van der Waals surface area contributed by atoms with Crippen molar-refractivity contribution in [3.05, 3.63) is 0 Å². The Morgan fingerprint density at radius 2 is 1.56 bits per heavy atom. The lowest BCUT2D eigenvalue weighted by molar-refractivity contribution is -0.153. The maximum atomic E-state index is 4.95. The lowest BCUT2D eigenvalue weighted by atomic mass is 10.4. The predicted octanol–water partition coefficient (Wildman–Crippen LogP) is -1.55. The molecule has 0 aromatic heterocycles. The van der Waals surface area contributed by atoms with Gasteiger partial charge in [-0.1, -0.05) is 0 Å². The maximum absolute atomic E-state index is 4.95. The number of hydrazine groups is 1. The molecule has 7 heteroatoms. The molecule has 3 N–H and O–H groups in total. The van der Waals surface area contributed by atoms with Gasteiger partial charge in [0.05, 0.1) is 0 Å². The van der Waals surface area contributed by atoms with E-state index in [1.807, 2.05) is 5.01 Å². The van der Waals surface area contributed by atoms with Crippen LogP contribution in [0.2, 0.25) is 0 Å². The van der Waals surface area contributed by atoms with Crippen molar-refractivity contribution in [1.29, 1.82) is 0 Å². The highest BCUT2D eigenvalue weighted by Crippen LogP contribution is 1.86. The summed E-state index contributed by atoms with van der Waals surface area (Å²) in [6.07, 6.45) is 0. The smallest absolute Gasteiger partial charge is 0.168 e. The maximum Gasteiger partial charge on any atom is 0.168 e. The van der Waals surface area contributed by atoms with E-state index in [4.69, 9.17) is 9.57 Å². The molecule has 2 heterocycles. The molecule has 2 aliphatic rings. The standard InChI is InChI=1S/C6H15N3O2.C5H12N2/c1-10-6-11-8-9-4-2-7-3-5-9;1-7-4-2-6-3-5-7/h7-8H,2-6H2,1H3;6H,2-5H2,1H3. The largest absolute Gasteiger partial charge is 0.357 e. The molecule has 0 aromatic carbocycles. The van der Waals surface area contributed by atoms with Crippen LogP contribution >= 0.6 is 0 Å². The summed E-state index contributed by atoms with van der Waals surface area (Å²) in [5, 5.41) is 8.52. The topological polar surface area (TPSA) is 61.0 Å². The fourth-order valence-corrected chi connectivity index (χ4v) is 1.71. The molecule has 0 aromatic rings. The Kier molecular flexibility index (Phi) is 9.31. The summed E-state index contributed by atoms with van der Waals surface area (Å²) in [5.74, 6) is 0. The van der Waals surface area contributed by atoms with Gasteiger partial charge in [0.25, 0.3) is 0 Å². The molecule has 0 atom stereocenters. The Morgan fingerprint density at radius 3 is 2.00 bits per heavy atom. The minimum Gasteiger partial charge on any atom is -0.357 e. The molecular weight excluding hydrogens is 234 g/mol. The Bertz CT molecular complexity index is 184. The Balaban J connectivity index is 0.000000199. The van der Waals surface area contributed by atoms with Crippen LogP contribution in [-0.2, 0) is 9.57 Å². The van der Waals surface area contributed by atoms with E-state index in [2.05, 4.69) is 28.2 Å². The first-order valence-corrected chi connectivity index (χ1v) is 6.54. The molecule has 18 heavy (non-hydrogen) atoms. The normalized spacial score (nSPS) is 22.3. The van der Waals surface area contributed by atoms with E-state index >= 15 is 0 Å². The van der Waals surface area contributed by atoms with E-state index in [-0.39, 0.29) is 6.79 Å². The zero-order chi connectivity index (χ0) is 13.1. The lowest BCUT2D eigenvalue weighted by Crippen LogP contribution is -2.50. The molecule has 2 saturated heterocycles. The molecular formula is C11H27N5O2. The fourth-order valence-electron chi connectivity index (χ4n) is 1.71. The zero-order valence-corrected chi connectivity index (χ0v) is 11.6. The second-order valence-electron chi connectivity index (χ2n) is 4.43. The van der Waals surface area contributed by atoms with Gasteiger partial charge >= 0.3 is 0 Å². The number of hydrogen-bond acceptors (Lipinski definition) is 7. The quantitative estimate of drug-likeness (QED) is 0.322. The van der Waals surface area contributed by atoms with Crippen LogP contribution in [0.4, 0.5) is 0 Å². The zero-order valence-electron chi connectivity index (χ0n) is 11.6. The second kappa shape index (κ2) is 10.6. The lowest BCUT2D eigenvalue weighted by Gasteiger charge is -2.26. The summed E-state index contributed by atoms with van der Waals surface area (Å²) in [6, 6.07) is 0. The average Bonchev–Trinajstić information content (AvgIpc) is 2.42. The number of nitrogens with zero attached hydrogens (tertiary/aromatic N) is 2. The van der Waals surface area contributed by atoms with Crippen LogP contribution in [-0.4, -0.2) is 83.2 Å². The van der Waals surface area contributed by atoms with Gasteiger partial charge in [0.2, 0.25) is 0 Å². The molecule has 0 spiro atoms. The highest BCUT2D eigenvalue weighted by atomic mass is 16.8. The summed E-state index contributed by atoms with van der Waals surface area (Å²) >= 11 is 0. The van der Waals surface area contributed by atoms with Gasteiger partial charge in [0.1, 0.15) is 0 Å². The molecule has 0 radical (unpaired) electrons. The molecule has 0 unspecified atom stereocenters. The number of ether oxygens (including phenoxy) is 1. The summed E-state index contributed by atoms with van der Waals surface area (Å²) in [4.78, 5) is 7.28. The van der Waals surface area contributed by atoms with Crippen molar-refractivity contribution < 1.29 is 9.57 Å². The second-order valence-corrected chi connectivity index (χ2v) is 4.43. The molecule has 0 bridgehead atoms. The van der Waals surface area contributed by atoms with Crippen molar-refractivity contribution >= 4 is 0 Å². The molecule has 7 nitrogen and oxygen atoms in total. The number of nitrogens with one attached hydrogen (secondary N) is 3. The van der Waals surface area contributed by atoms with Crippen LogP contribution in [0, 0.1) is 0 Å². The van der Waals surface area contributed by atoms with Gasteiger partial charge in [0, 0.05) is 59.5 Å². The number of piperazine rings is 2. The van der Waals surface area contributed by atoms with E-state index < -0.39 is 0 Å². The molecule has 2 rings (SSSR count). The van der Waals surface area contributed by atoms with Crippen molar-refractivity contribution in [2.45, 2.75) is 0 Å². The number of hydrogen-bond donors (Lipinski definition) is 3. The van der Waals surface area contributed by atoms with Crippen molar-refractivity contribution in [3.8, 4) is 0 Å². The highest BCUT2D eigenvalue weighted by molar-refractivity contribution is 4.62. The van der Waals surface area contributed by atoms with E-state index in [1.54, 1.807) is 7.11 Å². The van der Waals surface area contributed by atoms with Gasteiger partial charge < -0.3 is 20.3 Å². The first kappa shape index (κ1) is 15.8. The first-order valence-electron chi connectivity index (χ1n) is 6.54. The third kappa shape index (κ3) is 7.93. The van der Waals surface area contributed by atoms with Crippen LogP contribution in [0.15, 0.2) is 0 Å². The van der Waals surface area contributed by atoms with E-state index in [9.17, 15) is 0 Å². The predicted molar refractivity (Wildman–Crippen MR) is 70.9 cm³/mol. The Morgan fingerprint density at radius 1 is 1.00 bits per heavy atom. The molecule has 0 aliphatic carbocycles. The summed E-state index contributed by atoms with van der Waals surface area (Å²) in [5.41, 5.74) is 2.79. The number of methoxy groups -OCH3 is 1. The van der Waals surface area contributed by atoms with Gasteiger partial charge in [-0.05, 0) is 7.05 Å². The van der Waals surface area contributed by atoms with Crippen molar-refractivity contribution in [2.75, 3.05) is 73.3 Å². The summed E-state index contributed by atoms with van der Waals surface area (Å²) < 4.78 is 4.71. The minimum atomic E-state index is 0.282. The number of rotatable bonds is 4. The Labute approximate surface area is 110 Å². The number of likely N-dealkylation sites (N-methyl/N-ethyl adjacent to an activating group) is 1. The highest BCUT2D eigenvalue weighted by Gasteiger charge is 2.07. The summed E-state index contributed by atoms with van der Waals surface area (Å²) in [6.45, 7) is 8.96. The van der Waals surface area contributed by atoms with Crippen LogP contribution in [0.25, 0.3) is 0 Å².